The third-order valence-corrected chi connectivity index (χ3v) is 4.99. The van der Waals surface area contributed by atoms with Crippen LogP contribution in [0, 0.1) is 5.41 Å². The molecule has 0 saturated carbocycles. The van der Waals surface area contributed by atoms with E-state index in [1.54, 1.807) is 27.7 Å². The van der Waals surface area contributed by atoms with Crippen molar-refractivity contribution in [2.24, 2.45) is 5.41 Å². The third-order valence-electron chi connectivity index (χ3n) is 4.99. The Hall–Kier alpha value is -1.14. The molecule has 21 heavy (non-hydrogen) atoms. The monoisotopic (exact) mass is 299 g/mol. The second-order valence-electron chi connectivity index (χ2n) is 7.31. The molecule has 1 amide bonds. The summed E-state index contributed by atoms with van der Waals surface area (Å²) < 4.78 is 0. The number of nitrogens with one attached hydrogen (secondary N) is 2. The van der Waals surface area contributed by atoms with Crippen LogP contribution in [-0.2, 0) is 9.59 Å². The number of hydrogen-bond acceptors (Lipinski definition) is 4. The second-order valence-corrected chi connectivity index (χ2v) is 7.31. The van der Waals surface area contributed by atoms with Crippen LogP contribution >= 0.6 is 0 Å². The van der Waals surface area contributed by atoms with Crippen LogP contribution in [0.1, 0.15) is 41.5 Å². The molecule has 6 nitrogen and oxygen atoms in total. The van der Waals surface area contributed by atoms with Crippen molar-refractivity contribution in [1.82, 2.24) is 15.5 Å². The summed E-state index contributed by atoms with van der Waals surface area (Å²) in [6.45, 7) is 13.9. The van der Waals surface area contributed by atoms with E-state index in [0.717, 1.165) is 26.2 Å². The zero-order valence-electron chi connectivity index (χ0n) is 14.0. The summed E-state index contributed by atoms with van der Waals surface area (Å²) in [4.78, 5) is 26.2. The molecule has 1 aliphatic heterocycles. The highest BCUT2D eigenvalue weighted by atomic mass is 16.4. The van der Waals surface area contributed by atoms with E-state index in [1.165, 1.54) is 0 Å². The van der Waals surface area contributed by atoms with Crippen LogP contribution in [0.5, 0.6) is 0 Å². The zero-order chi connectivity index (χ0) is 16.5. The van der Waals surface area contributed by atoms with Crippen LogP contribution in [0.2, 0.25) is 0 Å². The number of nitrogens with zero attached hydrogens (tertiary/aromatic N) is 1. The minimum absolute atomic E-state index is 0.135. The Morgan fingerprint density at radius 1 is 1.05 bits per heavy atom. The number of amides is 1. The largest absolute Gasteiger partial charge is 0.481 e. The lowest BCUT2D eigenvalue weighted by Crippen LogP contribution is -2.65. The zero-order valence-corrected chi connectivity index (χ0v) is 14.0. The predicted octanol–water partition coefficient (Wildman–Crippen LogP) is 0.676. The molecule has 0 atom stereocenters. The molecule has 1 heterocycles. The highest BCUT2D eigenvalue weighted by molar-refractivity contribution is 5.87. The third kappa shape index (κ3) is 3.55. The molecule has 1 aliphatic rings. The van der Waals surface area contributed by atoms with Crippen LogP contribution in [0.4, 0.5) is 0 Å². The Balaban J connectivity index is 2.85. The lowest BCUT2D eigenvalue weighted by molar-refractivity contribution is -0.152. The highest BCUT2D eigenvalue weighted by Gasteiger charge is 2.47. The SMILES string of the molecule is CC(C)(C(=O)NC(C)(C)C(C)(C)C(=O)O)N1CCNCC1. The normalized spacial score (nSPS) is 18.4. The van der Waals surface area contributed by atoms with Crippen molar-refractivity contribution in [2.45, 2.75) is 52.6 Å². The quantitative estimate of drug-likeness (QED) is 0.695. The van der Waals surface area contributed by atoms with E-state index in [-0.39, 0.29) is 5.91 Å². The summed E-state index contributed by atoms with van der Waals surface area (Å²) in [5, 5.41) is 15.6. The molecule has 0 bridgehead atoms. The topological polar surface area (TPSA) is 81.7 Å². The molecule has 0 radical (unpaired) electrons. The van der Waals surface area contributed by atoms with Gasteiger partial charge in [0.15, 0.2) is 0 Å². The fourth-order valence-electron chi connectivity index (χ4n) is 2.23. The first-order chi connectivity index (χ1) is 9.43. The molecular formula is C15H29N3O3. The van der Waals surface area contributed by atoms with E-state index >= 15 is 0 Å². The molecule has 0 aromatic rings. The molecule has 1 saturated heterocycles. The van der Waals surface area contributed by atoms with Crippen LogP contribution in [0.25, 0.3) is 0 Å². The van der Waals surface area contributed by atoms with Crippen LogP contribution in [0.3, 0.4) is 0 Å². The Bertz CT molecular complexity index is 410. The molecule has 0 unspecified atom stereocenters. The van der Waals surface area contributed by atoms with Gasteiger partial charge in [0, 0.05) is 26.2 Å². The fraction of sp³-hybridized carbons (Fsp3) is 0.867. The van der Waals surface area contributed by atoms with Gasteiger partial charge in [0.2, 0.25) is 5.91 Å². The van der Waals surface area contributed by atoms with Gasteiger partial charge in [-0.15, -0.1) is 0 Å². The van der Waals surface area contributed by atoms with Gasteiger partial charge < -0.3 is 15.7 Å². The van der Waals surface area contributed by atoms with Crippen LogP contribution in [0.15, 0.2) is 0 Å². The van der Waals surface area contributed by atoms with Crippen molar-refractivity contribution in [2.75, 3.05) is 26.2 Å². The molecule has 122 valence electrons. The van der Waals surface area contributed by atoms with E-state index in [0.29, 0.717) is 0 Å². The molecular weight excluding hydrogens is 270 g/mol. The Kier molecular flexibility index (Phi) is 5.05. The molecule has 0 aromatic carbocycles. The maximum absolute atomic E-state index is 12.7. The van der Waals surface area contributed by atoms with Gasteiger partial charge in [-0.3, -0.25) is 14.5 Å². The lowest BCUT2D eigenvalue weighted by atomic mass is 9.74. The number of carbonyl (C=O) groups is 2. The van der Waals surface area contributed by atoms with E-state index < -0.39 is 22.5 Å². The van der Waals surface area contributed by atoms with Gasteiger partial charge in [0.1, 0.15) is 0 Å². The van der Waals surface area contributed by atoms with E-state index in [4.69, 9.17) is 0 Å². The van der Waals surface area contributed by atoms with Crippen molar-refractivity contribution >= 4 is 11.9 Å². The highest BCUT2D eigenvalue weighted by Crippen LogP contribution is 2.31. The fourth-order valence-corrected chi connectivity index (χ4v) is 2.23. The van der Waals surface area contributed by atoms with Gasteiger partial charge in [-0.25, -0.2) is 0 Å². The molecule has 0 aliphatic carbocycles. The summed E-state index contributed by atoms with van der Waals surface area (Å²) in [6.07, 6.45) is 0. The average Bonchev–Trinajstić information content (AvgIpc) is 2.38. The standard InChI is InChI=1S/C15H29N3O3/c1-13(2,12(20)21)15(5,6)17-11(19)14(3,4)18-9-7-16-8-10-18/h16H,7-10H2,1-6H3,(H,17,19)(H,20,21). The smallest absolute Gasteiger partial charge is 0.311 e. The maximum Gasteiger partial charge on any atom is 0.311 e. The maximum atomic E-state index is 12.7. The number of aliphatic carboxylic acids is 1. The molecule has 3 N–H and O–H groups in total. The first-order valence-corrected chi connectivity index (χ1v) is 7.45. The number of carboxylic acids is 1. The predicted molar refractivity (Wildman–Crippen MR) is 82.2 cm³/mol. The number of rotatable bonds is 5. The van der Waals surface area contributed by atoms with Crippen molar-refractivity contribution in [3.63, 3.8) is 0 Å². The Morgan fingerprint density at radius 3 is 1.95 bits per heavy atom. The Morgan fingerprint density at radius 2 is 1.52 bits per heavy atom. The van der Waals surface area contributed by atoms with E-state index in [9.17, 15) is 14.7 Å². The minimum atomic E-state index is -1.05. The van der Waals surface area contributed by atoms with E-state index in [1.807, 2.05) is 13.8 Å². The number of piperazine rings is 1. The minimum Gasteiger partial charge on any atom is -0.481 e. The first-order valence-electron chi connectivity index (χ1n) is 7.45. The number of carbonyl (C=O) groups excluding carboxylic acids is 1. The summed E-state index contributed by atoms with van der Waals surface area (Å²) in [7, 11) is 0. The summed E-state index contributed by atoms with van der Waals surface area (Å²) in [6, 6.07) is 0. The van der Waals surface area contributed by atoms with Crippen molar-refractivity contribution in [3.05, 3.63) is 0 Å². The average molecular weight is 299 g/mol. The number of hydrogen-bond donors (Lipinski definition) is 3. The molecule has 6 heteroatoms. The summed E-state index contributed by atoms with van der Waals surface area (Å²) >= 11 is 0. The van der Waals surface area contributed by atoms with Gasteiger partial charge in [-0.05, 0) is 41.5 Å². The van der Waals surface area contributed by atoms with Crippen molar-refractivity contribution in [3.8, 4) is 0 Å². The van der Waals surface area contributed by atoms with Gasteiger partial charge >= 0.3 is 5.97 Å². The second kappa shape index (κ2) is 5.93. The lowest BCUT2D eigenvalue weighted by Gasteiger charge is -2.44. The number of carboxylic acid groups (broad SMARTS) is 1. The van der Waals surface area contributed by atoms with Crippen LogP contribution in [-0.4, -0.2) is 59.1 Å². The van der Waals surface area contributed by atoms with Gasteiger partial charge in [0.05, 0.1) is 16.5 Å². The first kappa shape index (κ1) is 17.9. The molecule has 0 spiro atoms. The van der Waals surface area contributed by atoms with Gasteiger partial charge in [-0.1, -0.05) is 0 Å². The molecule has 0 aromatic heterocycles. The van der Waals surface area contributed by atoms with Gasteiger partial charge in [-0.2, -0.15) is 0 Å². The van der Waals surface area contributed by atoms with Crippen molar-refractivity contribution < 1.29 is 14.7 Å². The van der Waals surface area contributed by atoms with E-state index in [2.05, 4.69) is 15.5 Å². The Labute approximate surface area is 127 Å². The van der Waals surface area contributed by atoms with Crippen LogP contribution < -0.4 is 10.6 Å². The molecule has 1 fully saturated rings. The summed E-state index contributed by atoms with van der Waals surface area (Å²) in [5.74, 6) is -1.06. The van der Waals surface area contributed by atoms with Gasteiger partial charge in [0.25, 0.3) is 0 Å². The molecule has 1 rings (SSSR count). The summed E-state index contributed by atoms with van der Waals surface area (Å²) in [5.41, 5.74) is -2.56. The van der Waals surface area contributed by atoms with Crippen molar-refractivity contribution in [1.29, 1.82) is 0 Å².